The number of likely N-dealkylation sites (N-methyl/N-ethyl adjacent to an activating group) is 1. The van der Waals surface area contributed by atoms with Crippen molar-refractivity contribution in [2.75, 3.05) is 13.1 Å². The normalized spacial score (nSPS) is 13.4. The molecule has 2 aromatic rings. The lowest BCUT2D eigenvalue weighted by atomic mass is 10.2. The summed E-state index contributed by atoms with van der Waals surface area (Å²) >= 11 is 1.40. The van der Waals surface area contributed by atoms with Gasteiger partial charge in [-0.15, -0.1) is 0 Å². The van der Waals surface area contributed by atoms with E-state index in [4.69, 9.17) is 4.74 Å². The van der Waals surface area contributed by atoms with Gasteiger partial charge in [-0.3, -0.25) is 9.69 Å². The third-order valence-corrected chi connectivity index (χ3v) is 5.16. The summed E-state index contributed by atoms with van der Waals surface area (Å²) < 4.78 is 19.8. The lowest BCUT2D eigenvalue weighted by molar-refractivity contribution is -0.139. The first-order valence-corrected chi connectivity index (χ1v) is 9.51. The van der Waals surface area contributed by atoms with Crippen molar-refractivity contribution in [2.24, 2.45) is 0 Å². The van der Waals surface area contributed by atoms with E-state index in [2.05, 4.69) is 0 Å². The molecule has 2 aromatic carbocycles. The van der Waals surface area contributed by atoms with E-state index in [-0.39, 0.29) is 23.8 Å². The van der Waals surface area contributed by atoms with Gasteiger partial charge < -0.3 is 9.84 Å². The summed E-state index contributed by atoms with van der Waals surface area (Å²) in [6.45, 7) is 4.46. The molecule has 0 aliphatic carbocycles. The maximum atomic E-state index is 13.6. The topological polar surface area (TPSA) is 49.8 Å². The van der Waals surface area contributed by atoms with Crippen molar-refractivity contribution < 1.29 is 19.0 Å². The molecule has 0 radical (unpaired) electrons. The van der Waals surface area contributed by atoms with E-state index in [1.54, 1.807) is 6.07 Å². The van der Waals surface area contributed by atoms with Gasteiger partial charge in [0.05, 0.1) is 12.6 Å². The quantitative estimate of drug-likeness (QED) is 0.488. The first-order chi connectivity index (χ1) is 12.5. The number of hydrogen-bond acceptors (Lipinski definition) is 4. The number of aliphatic carboxylic acids is 1. The maximum Gasteiger partial charge on any atom is 0.317 e. The molecule has 0 spiro atoms. The van der Waals surface area contributed by atoms with Crippen LogP contribution in [0, 0.1) is 5.82 Å². The Morgan fingerprint density at radius 1 is 1.19 bits per heavy atom. The number of thioether (sulfide) groups is 1. The molecule has 2 atom stereocenters. The van der Waals surface area contributed by atoms with Gasteiger partial charge in [-0.25, -0.2) is 4.39 Å². The number of para-hydroxylation sites is 1. The largest absolute Gasteiger partial charge is 0.480 e. The van der Waals surface area contributed by atoms with Gasteiger partial charge in [0.15, 0.2) is 5.44 Å². The van der Waals surface area contributed by atoms with Gasteiger partial charge >= 0.3 is 5.97 Å². The molecule has 1 N–H and O–H groups in total. The standard InChI is InChI=1S/C20H24FNO3S/c1-3-18(22(4-2)14-19(23)24)20(25-16-10-6-5-7-11-16)26-17-12-8-9-15(21)13-17/h5-13,18,20H,3-4,14H2,1-2H3,(H,23,24)/t18-,20-/m1/s1. The minimum atomic E-state index is -0.875. The van der Waals surface area contributed by atoms with Gasteiger partial charge in [-0.2, -0.15) is 0 Å². The summed E-state index contributed by atoms with van der Waals surface area (Å²) in [5.41, 5.74) is -0.372. The molecule has 4 nitrogen and oxygen atoms in total. The maximum absolute atomic E-state index is 13.6. The molecule has 0 aliphatic heterocycles. The van der Waals surface area contributed by atoms with E-state index in [0.29, 0.717) is 18.7 Å². The number of carboxylic acids is 1. The van der Waals surface area contributed by atoms with Crippen LogP contribution in [0.5, 0.6) is 5.75 Å². The highest BCUT2D eigenvalue weighted by molar-refractivity contribution is 7.99. The minimum absolute atomic E-state index is 0.0621. The van der Waals surface area contributed by atoms with Crippen LogP contribution in [-0.4, -0.2) is 40.5 Å². The number of halogens is 1. The van der Waals surface area contributed by atoms with Gasteiger partial charge in [0.2, 0.25) is 0 Å². The summed E-state index contributed by atoms with van der Waals surface area (Å²) in [5.74, 6) is -0.481. The monoisotopic (exact) mass is 377 g/mol. The highest BCUT2D eigenvalue weighted by atomic mass is 32.2. The Balaban J connectivity index is 2.28. The number of benzene rings is 2. The summed E-state index contributed by atoms with van der Waals surface area (Å²) in [6, 6.07) is 15.6. The fourth-order valence-electron chi connectivity index (χ4n) is 2.75. The molecule has 6 heteroatoms. The molecule has 0 heterocycles. The van der Waals surface area contributed by atoms with E-state index >= 15 is 0 Å². The van der Waals surface area contributed by atoms with Crippen LogP contribution in [0.4, 0.5) is 4.39 Å². The Labute approximate surface area is 158 Å². The van der Waals surface area contributed by atoms with Crippen molar-refractivity contribution in [1.82, 2.24) is 4.90 Å². The van der Waals surface area contributed by atoms with Crippen molar-refractivity contribution in [3.63, 3.8) is 0 Å². The van der Waals surface area contributed by atoms with E-state index in [1.165, 1.54) is 23.9 Å². The average molecular weight is 377 g/mol. The zero-order chi connectivity index (χ0) is 18.9. The molecular weight excluding hydrogens is 353 g/mol. The number of nitrogens with zero attached hydrogens (tertiary/aromatic N) is 1. The van der Waals surface area contributed by atoms with Gasteiger partial charge in [-0.1, -0.05) is 49.9 Å². The third kappa shape index (κ3) is 6.04. The average Bonchev–Trinajstić information content (AvgIpc) is 2.62. The van der Waals surface area contributed by atoms with Crippen molar-refractivity contribution in [3.05, 3.63) is 60.4 Å². The second kappa shape index (κ2) is 10.2. The summed E-state index contributed by atoms with van der Waals surface area (Å²) in [5, 5.41) is 9.22. The molecule has 2 rings (SSSR count). The zero-order valence-corrected chi connectivity index (χ0v) is 15.8. The van der Waals surface area contributed by atoms with Crippen LogP contribution in [-0.2, 0) is 4.79 Å². The Kier molecular flexibility index (Phi) is 7.94. The van der Waals surface area contributed by atoms with Gasteiger partial charge in [-0.05, 0) is 43.3 Å². The molecule has 0 aromatic heterocycles. The Morgan fingerprint density at radius 3 is 2.50 bits per heavy atom. The highest BCUT2D eigenvalue weighted by Crippen LogP contribution is 2.31. The number of rotatable bonds is 10. The fourth-order valence-corrected chi connectivity index (χ4v) is 4.04. The van der Waals surface area contributed by atoms with E-state index < -0.39 is 5.97 Å². The second-order valence-electron chi connectivity index (χ2n) is 5.81. The van der Waals surface area contributed by atoms with Crippen molar-refractivity contribution in [2.45, 2.75) is 36.6 Å². The molecule has 0 fully saturated rings. The minimum Gasteiger partial charge on any atom is -0.480 e. The van der Waals surface area contributed by atoms with E-state index in [0.717, 1.165) is 4.90 Å². The van der Waals surface area contributed by atoms with Crippen LogP contribution < -0.4 is 4.74 Å². The van der Waals surface area contributed by atoms with E-state index in [9.17, 15) is 14.3 Å². The number of ether oxygens (including phenoxy) is 1. The molecule has 0 saturated carbocycles. The van der Waals surface area contributed by atoms with Crippen molar-refractivity contribution in [1.29, 1.82) is 0 Å². The number of carboxylic acid groups (broad SMARTS) is 1. The molecular formula is C20H24FNO3S. The molecule has 0 bridgehead atoms. The van der Waals surface area contributed by atoms with Gasteiger partial charge in [0.1, 0.15) is 11.6 Å². The second-order valence-corrected chi connectivity index (χ2v) is 6.98. The molecule has 0 amide bonds. The first-order valence-electron chi connectivity index (χ1n) is 8.63. The summed E-state index contributed by atoms with van der Waals surface area (Å²) in [4.78, 5) is 13.9. The smallest absolute Gasteiger partial charge is 0.317 e. The van der Waals surface area contributed by atoms with E-state index in [1.807, 2.05) is 55.1 Å². The van der Waals surface area contributed by atoms with Crippen LogP contribution in [0.15, 0.2) is 59.5 Å². The summed E-state index contributed by atoms with van der Waals surface area (Å²) in [7, 11) is 0. The lowest BCUT2D eigenvalue weighted by Crippen LogP contribution is -2.46. The van der Waals surface area contributed by atoms with Crippen molar-refractivity contribution >= 4 is 17.7 Å². The van der Waals surface area contributed by atoms with Gasteiger partial charge in [0.25, 0.3) is 0 Å². The lowest BCUT2D eigenvalue weighted by Gasteiger charge is -2.34. The zero-order valence-electron chi connectivity index (χ0n) is 15.0. The number of hydrogen-bond donors (Lipinski definition) is 1. The predicted octanol–water partition coefficient (Wildman–Crippen LogP) is 4.51. The third-order valence-electron chi connectivity index (χ3n) is 3.99. The number of carbonyl (C=O) groups is 1. The van der Waals surface area contributed by atoms with Crippen molar-refractivity contribution in [3.8, 4) is 5.75 Å². The molecule has 140 valence electrons. The molecule has 0 unspecified atom stereocenters. The Hall–Kier alpha value is -2.05. The summed E-state index contributed by atoms with van der Waals surface area (Å²) in [6.07, 6.45) is 0.709. The first kappa shape index (κ1) is 20.3. The van der Waals surface area contributed by atoms with Crippen LogP contribution in [0.3, 0.4) is 0 Å². The molecule has 26 heavy (non-hydrogen) atoms. The fraction of sp³-hybridized carbons (Fsp3) is 0.350. The van der Waals surface area contributed by atoms with Crippen LogP contribution in [0.25, 0.3) is 0 Å². The van der Waals surface area contributed by atoms with Crippen LogP contribution in [0.1, 0.15) is 20.3 Å². The van der Waals surface area contributed by atoms with Crippen LogP contribution in [0.2, 0.25) is 0 Å². The molecule has 0 aliphatic rings. The Morgan fingerprint density at radius 2 is 1.92 bits per heavy atom. The Bertz CT molecular complexity index is 698. The SMILES string of the molecule is CC[C@H]([C@H](Oc1ccccc1)Sc1cccc(F)c1)N(CC)CC(=O)O. The highest BCUT2D eigenvalue weighted by Gasteiger charge is 2.29. The predicted molar refractivity (Wildman–Crippen MR) is 102 cm³/mol. The molecule has 0 saturated heterocycles. The van der Waals surface area contributed by atoms with Gasteiger partial charge in [0, 0.05) is 4.90 Å². The van der Waals surface area contributed by atoms with Crippen LogP contribution >= 0.6 is 11.8 Å².